The number of nitrogens with zero attached hydrogens (tertiary/aromatic N) is 2. The predicted molar refractivity (Wildman–Crippen MR) is 46.8 cm³/mol. The van der Waals surface area contributed by atoms with Crippen molar-refractivity contribution < 1.29 is 0 Å². The highest BCUT2D eigenvalue weighted by Crippen LogP contribution is 2.01. The third-order valence-corrected chi connectivity index (χ3v) is 1.65. The van der Waals surface area contributed by atoms with Crippen LogP contribution in [0.4, 0.5) is 0 Å². The zero-order valence-electron chi connectivity index (χ0n) is 7.32. The van der Waals surface area contributed by atoms with E-state index in [1.807, 2.05) is 13.8 Å². The average molecular weight is 167 g/mol. The summed E-state index contributed by atoms with van der Waals surface area (Å²) < 4.78 is 1.40. The number of hydrogen-bond acceptors (Lipinski definition) is 3. The highest BCUT2D eigenvalue weighted by Gasteiger charge is 2.02. The van der Waals surface area contributed by atoms with Crippen molar-refractivity contribution in [3.63, 3.8) is 0 Å². The van der Waals surface area contributed by atoms with Gasteiger partial charge in [-0.3, -0.25) is 4.79 Å². The molecule has 4 heteroatoms. The van der Waals surface area contributed by atoms with E-state index in [4.69, 9.17) is 5.73 Å². The van der Waals surface area contributed by atoms with Crippen LogP contribution in [-0.4, -0.2) is 9.78 Å². The number of nitrogens with two attached hydrogens (primary N) is 1. The van der Waals surface area contributed by atoms with Crippen molar-refractivity contribution in [3.05, 3.63) is 28.2 Å². The van der Waals surface area contributed by atoms with Crippen LogP contribution in [0.1, 0.15) is 25.6 Å². The third-order valence-electron chi connectivity index (χ3n) is 1.65. The van der Waals surface area contributed by atoms with Crippen molar-refractivity contribution in [2.45, 2.75) is 26.4 Å². The molecule has 0 aliphatic carbocycles. The monoisotopic (exact) mass is 167 g/mol. The van der Waals surface area contributed by atoms with Crippen LogP contribution in [0.25, 0.3) is 0 Å². The van der Waals surface area contributed by atoms with Gasteiger partial charge in [0.2, 0.25) is 0 Å². The van der Waals surface area contributed by atoms with E-state index in [1.54, 1.807) is 6.07 Å². The average Bonchev–Trinajstić information content (AvgIpc) is 2.05. The topological polar surface area (TPSA) is 60.9 Å². The van der Waals surface area contributed by atoms with E-state index in [1.165, 1.54) is 10.7 Å². The van der Waals surface area contributed by atoms with Crippen molar-refractivity contribution >= 4 is 0 Å². The van der Waals surface area contributed by atoms with E-state index >= 15 is 0 Å². The van der Waals surface area contributed by atoms with Crippen LogP contribution in [0, 0.1) is 0 Å². The van der Waals surface area contributed by atoms with E-state index in [-0.39, 0.29) is 11.6 Å². The summed E-state index contributed by atoms with van der Waals surface area (Å²) in [7, 11) is 0. The first-order valence-electron chi connectivity index (χ1n) is 3.98. The maximum absolute atomic E-state index is 11.1. The fourth-order valence-corrected chi connectivity index (χ4v) is 0.934. The van der Waals surface area contributed by atoms with Gasteiger partial charge in [0.1, 0.15) is 0 Å². The normalized spacial score (nSPS) is 12.9. The second-order valence-corrected chi connectivity index (χ2v) is 2.70. The Morgan fingerprint density at radius 2 is 2.33 bits per heavy atom. The largest absolute Gasteiger partial charge is 0.323 e. The molecular weight excluding hydrogens is 154 g/mol. The Hall–Kier alpha value is -1.16. The number of aryl methyl sites for hydroxylation is 1. The summed E-state index contributed by atoms with van der Waals surface area (Å²) in [6, 6.07) is 3.04. The Balaban J connectivity index is 3.14. The first-order chi connectivity index (χ1) is 5.65. The molecule has 1 rings (SSSR count). The molecule has 0 aliphatic heterocycles. The van der Waals surface area contributed by atoms with Crippen LogP contribution in [0.15, 0.2) is 16.9 Å². The summed E-state index contributed by atoms with van der Waals surface area (Å²) in [6.07, 6.45) is 0. The smallest absolute Gasteiger partial charge is 0.266 e. The van der Waals surface area contributed by atoms with E-state index in [0.29, 0.717) is 6.54 Å². The van der Waals surface area contributed by atoms with Crippen molar-refractivity contribution in [2.24, 2.45) is 5.73 Å². The molecule has 1 atom stereocenters. The molecule has 1 aromatic heterocycles. The first-order valence-corrected chi connectivity index (χ1v) is 3.98. The lowest BCUT2D eigenvalue weighted by atomic mass is 10.2. The van der Waals surface area contributed by atoms with Crippen molar-refractivity contribution in [1.82, 2.24) is 9.78 Å². The highest BCUT2D eigenvalue weighted by molar-refractivity contribution is 5.03. The molecule has 0 amide bonds. The van der Waals surface area contributed by atoms with Gasteiger partial charge in [0.15, 0.2) is 0 Å². The van der Waals surface area contributed by atoms with Gasteiger partial charge in [-0.2, -0.15) is 5.10 Å². The van der Waals surface area contributed by atoms with Crippen molar-refractivity contribution in [1.29, 1.82) is 0 Å². The zero-order valence-corrected chi connectivity index (χ0v) is 7.32. The van der Waals surface area contributed by atoms with E-state index < -0.39 is 0 Å². The molecular formula is C8H13N3O. The Labute approximate surface area is 71.0 Å². The van der Waals surface area contributed by atoms with Gasteiger partial charge in [0.05, 0.1) is 5.69 Å². The van der Waals surface area contributed by atoms with Gasteiger partial charge in [-0.1, -0.05) is 0 Å². The van der Waals surface area contributed by atoms with Gasteiger partial charge in [-0.05, 0) is 19.9 Å². The second kappa shape index (κ2) is 3.49. The van der Waals surface area contributed by atoms with Gasteiger partial charge in [-0.15, -0.1) is 0 Å². The van der Waals surface area contributed by atoms with Gasteiger partial charge >= 0.3 is 0 Å². The summed E-state index contributed by atoms with van der Waals surface area (Å²) in [5.74, 6) is 0. The summed E-state index contributed by atoms with van der Waals surface area (Å²) in [4.78, 5) is 11.1. The van der Waals surface area contributed by atoms with Crippen LogP contribution in [-0.2, 0) is 6.54 Å². The molecule has 0 saturated carbocycles. The van der Waals surface area contributed by atoms with Crippen LogP contribution < -0.4 is 11.3 Å². The maximum atomic E-state index is 11.1. The van der Waals surface area contributed by atoms with E-state index in [0.717, 1.165) is 5.69 Å². The molecule has 0 aromatic carbocycles. The van der Waals surface area contributed by atoms with Crippen molar-refractivity contribution in [2.75, 3.05) is 0 Å². The fourth-order valence-electron chi connectivity index (χ4n) is 0.934. The highest BCUT2D eigenvalue weighted by atomic mass is 16.1. The van der Waals surface area contributed by atoms with Crippen molar-refractivity contribution in [3.8, 4) is 0 Å². The van der Waals surface area contributed by atoms with Crippen LogP contribution in [0.3, 0.4) is 0 Å². The third kappa shape index (κ3) is 1.71. The van der Waals surface area contributed by atoms with Gasteiger partial charge < -0.3 is 5.73 Å². The fraction of sp³-hybridized carbons (Fsp3) is 0.500. The molecule has 2 N–H and O–H groups in total. The maximum Gasteiger partial charge on any atom is 0.266 e. The lowest BCUT2D eigenvalue weighted by molar-refractivity contribution is 0.581. The minimum atomic E-state index is -0.122. The summed E-state index contributed by atoms with van der Waals surface area (Å²) in [6.45, 7) is 4.30. The lowest BCUT2D eigenvalue weighted by Gasteiger charge is -2.06. The van der Waals surface area contributed by atoms with Gasteiger partial charge in [-0.25, -0.2) is 4.68 Å². The molecule has 0 spiro atoms. The molecule has 66 valence electrons. The molecule has 0 aliphatic rings. The molecule has 1 heterocycles. The molecule has 12 heavy (non-hydrogen) atoms. The lowest BCUT2D eigenvalue weighted by Crippen LogP contribution is -2.23. The Morgan fingerprint density at radius 3 is 2.83 bits per heavy atom. The van der Waals surface area contributed by atoms with Crippen LogP contribution in [0.2, 0.25) is 0 Å². The van der Waals surface area contributed by atoms with Gasteiger partial charge in [0.25, 0.3) is 5.56 Å². The van der Waals surface area contributed by atoms with Crippen LogP contribution >= 0.6 is 0 Å². The number of aromatic nitrogens is 2. The molecule has 4 nitrogen and oxygen atoms in total. The number of hydrogen-bond donors (Lipinski definition) is 1. The SMILES string of the molecule is CCn1nc(C(C)N)ccc1=O. The molecule has 0 saturated heterocycles. The quantitative estimate of drug-likeness (QED) is 0.688. The Kier molecular flexibility index (Phi) is 2.60. The van der Waals surface area contributed by atoms with Gasteiger partial charge in [0, 0.05) is 18.7 Å². The molecule has 1 aromatic rings. The molecule has 0 fully saturated rings. The van der Waals surface area contributed by atoms with Crippen LogP contribution in [0.5, 0.6) is 0 Å². The molecule has 1 unspecified atom stereocenters. The Bertz CT molecular complexity index is 316. The zero-order chi connectivity index (χ0) is 9.14. The van der Waals surface area contributed by atoms with E-state index in [2.05, 4.69) is 5.10 Å². The minimum absolute atomic E-state index is 0.0816. The van der Waals surface area contributed by atoms with E-state index in [9.17, 15) is 4.79 Å². The molecule has 0 bridgehead atoms. The first kappa shape index (κ1) is 8.93. The second-order valence-electron chi connectivity index (χ2n) is 2.70. The standard InChI is InChI=1S/C8H13N3O/c1-3-11-8(12)5-4-7(10-11)6(2)9/h4-6H,3,9H2,1-2H3. The minimum Gasteiger partial charge on any atom is -0.323 e. The Morgan fingerprint density at radius 1 is 1.67 bits per heavy atom. The molecule has 0 radical (unpaired) electrons. The number of rotatable bonds is 2. The predicted octanol–water partition coefficient (Wildman–Crippen LogP) is 0.283. The summed E-state index contributed by atoms with van der Waals surface area (Å²) in [5.41, 5.74) is 6.27. The summed E-state index contributed by atoms with van der Waals surface area (Å²) >= 11 is 0. The summed E-state index contributed by atoms with van der Waals surface area (Å²) in [5, 5.41) is 4.07.